The van der Waals surface area contributed by atoms with Gasteiger partial charge in [-0.3, -0.25) is 4.79 Å². The number of carbonyl (C=O) groups is 2. The predicted molar refractivity (Wildman–Crippen MR) is 117 cm³/mol. The average molecular weight is 417 g/mol. The van der Waals surface area contributed by atoms with Crippen LogP contribution in [0.15, 0.2) is 78.9 Å². The highest BCUT2D eigenvalue weighted by atomic mass is 32.1. The maximum absolute atomic E-state index is 12.6. The van der Waals surface area contributed by atoms with Crippen molar-refractivity contribution in [2.75, 3.05) is 6.61 Å². The van der Waals surface area contributed by atoms with Crippen LogP contribution in [0.5, 0.6) is 0 Å². The quantitative estimate of drug-likeness (QED) is 0.455. The molecule has 1 N–H and O–H groups in total. The second-order valence-electron chi connectivity index (χ2n) is 6.75. The molecule has 150 valence electrons. The van der Waals surface area contributed by atoms with Crippen molar-refractivity contribution in [3.05, 3.63) is 101 Å². The number of hydrogen-bond acceptors (Lipinski definition) is 5. The molecule has 0 saturated heterocycles. The number of rotatable bonds is 7. The van der Waals surface area contributed by atoms with Crippen molar-refractivity contribution in [3.8, 4) is 0 Å². The molecule has 30 heavy (non-hydrogen) atoms. The van der Waals surface area contributed by atoms with Gasteiger partial charge in [0.1, 0.15) is 0 Å². The molecule has 0 atom stereocenters. The number of aromatic nitrogens is 1. The van der Waals surface area contributed by atoms with Crippen LogP contribution in [-0.2, 0) is 22.5 Å². The zero-order chi connectivity index (χ0) is 20.8. The fraction of sp³-hybridized carbons (Fsp3) is 0.125. The van der Waals surface area contributed by atoms with Gasteiger partial charge in [0.2, 0.25) is 0 Å². The second-order valence-corrected chi connectivity index (χ2v) is 7.86. The Labute approximate surface area is 178 Å². The van der Waals surface area contributed by atoms with Gasteiger partial charge < -0.3 is 10.1 Å². The minimum absolute atomic E-state index is 0.318. The van der Waals surface area contributed by atoms with Crippen LogP contribution < -0.4 is 5.32 Å². The summed E-state index contributed by atoms with van der Waals surface area (Å²) in [6.07, 6.45) is 0.533. The van der Waals surface area contributed by atoms with E-state index in [2.05, 4.69) is 10.3 Å². The molecule has 0 aliphatic carbocycles. The molecule has 4 aromatic rings. The number of nitrogens with one attached hydrogen (secondary N) is 1. The summed E-state index contributed by atoms with van der Waals surface area (Å²) in [6, 6.07) is 24.8. The summed E-state index contributed by atoms with van der Waals surface area (Å²) < 4.78 is 6.36. The van der Waals surface area contributed by atoms with E-state index in [0.29, 0.717) is 18.5 Å². The van der Waals surface area contributed by atoms with E-state index in [-0.39, 0.29) is 12.5 Å². The van der Waals surface area contributed by atoms with Gasteiger partial charge in [-0.25, -0.2) is 9.78 Å². The van der Waals surface area contributed by atoms with Crippen molar-refractivity contribution < 1.29 is 14.3 Å². The molecule has 3 aromatic carbocycles. The Morgan fingerprint density at radius 3 is 2.47 bits per heavy atom. The first kappa shape index (κ1) is 19.8. The van der Waals surface area contributed by atoms with E-state index in [1.165, 1.54) is 0 Å². The number of carbonyl (C=O) groups excluding carboxylic acids is 2. The lowest BCUT2D eigenvalue weighted by molar-refractivity contribution is -0.124. The van der Waals surface area contributed by atoms with Crippen LogP contribution in [0.2, 0.25) is 0 Å². The Balaban J connectivity index is 1.37. The molecule has 0 unspecified atom stereocenters. The summed E-state index contributed by atoms with van der Waals surface area (Å²) in [7, 11) is 0. The monoisotopic (exact) mass is 416 g/mol. The molecule has 0 saturated carbocycles. The average Bonchev–Trinajstić information content (AvgIpc) is 3.19. The smallest absolute Gasteiger partial charge is 0.338 e. The summed E-state index contributed by atoms with van der Waals surface area (Å²) in [5.41, 5.74) is 3.21. The molecule has 1 aromatic heterocycles. The van der Waals surface area contributed by atoms with E-state index in [1.54, 1.807) is 23.5 Å². The van der Waals surface area contributed by atoms with E-state index >= 15 is 0 Å². The Bertz CT molecular complexity index is 1140. The highest BCUT2D eigenvalue weighted by Crippen LogP contribution is 2.24. The van der Waals surface area contributed by atoms with Crippen LogP contribution in [0, 0.1) is 0 Å². The standard InChI is InChI=1S/C24H20N2O3S/c27-22(25-15-17-8-2-1-3-9-17)16-29-24(28)19-11-5-4-10-18(19)14-23-26-20-12-6-7-13-21(20)30-23/h1-13H,14-16H2,(H,25,27). The van der Waals surface area contributed by atoms with Crippen LogP contribution in [0.1, 0.15) is 26.5 Å². The van der Waals surface area contributed by atoms with Crippen LogP contribution in [0.25, 0.3) is 10.2 Å². The minimum Gasteiger partial charge on any atom is -0.452 e. The summed E-state index contributed by atoms with van der Waals surface area (Å²) in [6.45, 7) is 0.0759. The Morgan fingerprint density at radius 2 is 1.63 bits per heavy atom. The number of thiazole rings is 1. The maximum Gasteiger partial charge on any atom is 0.338 e. The molecule has 6 heteroatoms. The van der Waals surface area contributed by atoms with Gasteiger partial charge in [0.15, 0.2) is 6.61 Å². The molecule has 4 rings (SSSR count). The number of amides is 1. The van der Waals surface area contributed by atoms with Gasteiger partial charge in [0, 0.05) is 13.0 Å². The number of hydrogen-bond donors (Lipinski definition) is 1. The minimum atomic E-state index is -0.512. The zero-order valence-electron chi connectivity index (χ0n) is 16.2. The highest BCUT2D eigenvalue weighted by molar-refractivity contribution is 7.18. The molecular formula is C24H20N2O3S. The topological polar surface area (TPSA) is 68.3 Å². The van der Waals surface area contributed by atoms with Crippen molar-refractivity contribution in [3.63, 3.8) is 0 Å². The number of benzene rings is 3. The van der Waals surface area contributed by atoms with Gasteiger partial charge in [0.25, 0.3) is 5.91 Å². The molecule has 5 nitrogen and oxygen atoms in total. The van der Waals surface area contributed by atoms with Gasteiger partial charge in [-0.2, -0.15) is 0 Å². The first-order valence-corrected chi connectivity index (χ1v) is 10.4. The van der Waals surface area contributed by atoms with Gasteiger partial charge in [-0.05, 0) is 29.3 Å². The van der Waals surface area contributed by atoms with Gasteiger partial charge >= 0.3 is 5.97 Å². The maximum atomic E-state index is 12.6. The molecule has 0 fully saturated rings. The highest BCUT2D eigenvalue weighted by Gasteiger charge is 2.16. The lowest BCUT2D eigenvalue weighted by Gasteiger charge is -2.09. The van der Waals surface area contributed by atoms with Crippen molar-refractivity contribution in [2.45, 2.75) is 13.0 Å². The third-order valence-corrected chi connectivity index (χ3v) is 5.62. The van der Waals surface area contributed by atoms with Gasteiger partial charge in [0.05, 0.1) is 20.8 Å². The summed E-state index contributed by atoms with van der Waals surface area (Å²) in [4.78, 5) is 29.3. The van der Waals surface area contributed by atoms with Crippen LogP contribution in [0.3, 0.4) is 0 Å². The summed E-state index contributed by atoms with van der Waals surface area (Å²) in [5, 5.41) is 3.68. The summed E-state index contributed by atoms with van der Waals surface area (Å²) in [5.74, 6) is -0.850. The second kappa shape index (κ2) is 9.33. The molecule has 0 radical (unpaired) electrons. The molecule has 0 aliphatic heterocycles. The van der Waals surface area contributed by atoms with Crippen molar-refractivity contribution in [1.29, 1.82) is 0 Å². The van der Waals surface area contributed by atoms with E-state index in [1.807, 2.05) is 66.7 Å². The third kappa shape index (κ3) is 4.90. The zero-order valence-corrected chi connectivity index (χ0v) is 17.0. The van der Waals surface area contributed by atoms with Gasteiger partial charge in [-0.1, -0.05) is 60.7 Å². The Hall–Kier alpha value is -3.51. The number of nitrogens with zero attached hydrogens (tertiary/aromatic N) is 1. The first-order valence-electron chi connectivity index (χ1n) is 9.59. The van der Waals surface area contributed by atoms with Crippen LogP contribution in [-0.4, -0.2) is 23.5 Å². The van der Waals surface area contributed by atoms with E-state index < -0.39 is 5.97 Å². The molecule has 0 aliphatic rings. The number of fused-ring (bicyclic) bond motifs is 1. The fourth-order valence-electron chi connectivity index (χ4n) is 3.09. The molecular weight excluding hydrogens is 396 g/mol. The molecule has 1 heterocycles. The normalized spacial score (nSPS) is 10.7. The lowest BCUT2D eigenvalue weighted by atomic mass is 10.1. The Kier molecular flexibility index (Phi) is 6.15. The number of ether oxygens (including phenoxy) is 1. The largest absolute Gasteiger partial charge is 0.452 e. The fourth-order valence-corrected chi connectivity index (χ4v) is 4.08. The summed E-state index contributed by atoms with van der Waals surface area (Å²) >= 11 is 1.61. The van der Waals surface area contributed by atoms with Crippen LogP contribution >= 0.6 is 11.3 Å². The van der Waals surface area contributed by atoms with E-state index in [9.17, 15) is 9.59 Å². The third-order valence-electron chi connectivity index (χ3n) is 4.58. The van der Waals surface area contributed by atoms with Crippen LogP contribution in [0.4, 0.5) is 0 Å². The predicted octanol–water partition coefficient (Wildman–Crippen LogP) is 4.36. The Morgan fingerprint density at radius 1 is 0.900 bits per heavy atom. The van der Waals surface area contributed by atoms with Crippen molar-refractivity contribution >= 4 is 33.4 Å². The van der Waals surface area contributed by atoms with E-state index in [4.69, 9.17) is 4.74 Å². The van der Waals surface area contributed by atoms with Crippen molar-refractivity contribution in [2.24, 2.45) is 0 Å². The molecule has 0 bridgehead atoms. The molecule has 0 spiro atoms. The SMILES string of the molecule is O=C(COC(=O)c1ccccc1Cc1nc2ccccc2s1)NCc1ccccc1. The van der Waals surface area contributed by atoms with Gasteiger partial charge in [-0.15, -0.1) is 11.3 Å². The first-order chi connectivity index (χ1) is 14.7. The lowest BCUT2D eigenvalue weighted by Crippen LogP contribution is -2.28. The van der Waals surface area contributed by atoms with Crippen molar-refractivity contribution in [1.82, 2.24) is 10.3 Å². The van der Waals surface area contributed by atoms with E-state index in [0.717, 1.165) is 26.4 Å². The number of esters is 1. The molecule has 1 amide bonds. The number of para-hydroxylation sites is 1.